The minimum atomic E-state index is -0.161. The van der Waals surface area contributed by atoms with Crippen molar-refractivity contribution in [3.63, 3.8) is 0 Å². The summed E-state index contributed by atoms with van der Waals surface area (Å²) in [6.45, 7) is 0.764. The van der Waals surface area contributed by atoms with Crippen LogP contribution in [-0.2, 0) is 12.8 Å². The van der Waals surface area contributed by atoms with Gasteiger partial charge in [-0.3, -0.25) is 14.6 Å². The lowest BCUT2D eigenvalue weighted by Crippen LogP contribution is -2.47. The molecule has 2 aliphatic rings. The largest absolute Gasteiger partial charge is 0.372 e. The van der Waals surface area contributed by atoms with Crippen LogP contribution in [0.4, 0.5) is 5.69 Å². The second kappa shape index (κ2) is 6.31. The standard InChI is InChI=1S/C20H21N3O2/c1-23-12-15(9-13-5-2-3-7-18(13)23)22-20(25)14-10-16-17(21-11-14)6-4-8-19(16)24/h2-3,5,7,10-11,15H,4,6,8-9,12H2,1H3,(H,22,25). The van der Waals surface area contributed by atoms with Crippen molar-refractivity contribution in [2.45, 2.75) is 31.7 Å². The Hall–Kier alpha value is -2.69. The first-order valence-corrected chi connectivity index (χ1v) is 8.74. The highest BCUT2D eigenvalue weighted by atomic mass is 16.1. The van der Waals surface area contributed by atoms with Gasteiger partial charge >= 0.3 is 0 Å². The first-order valence-electron chi connectivity index (χ1n) is 8.74. The summed E-state index contributed by atoms with van der Waals surface area (Å²) >= 11 is 0. The molecule has 5 nitrogen and oxygen atoms in total. The molecular weight excluding hydrogens is 314 g/mol. The first-order chi connectivity index (χ1) is 12.1. The SMILES string of the molecule is CN1CC(NC(=O)c2cnc3c(c2)C(=O)CCC3)Cc2ccccc21. The molecule has 0 fully saturated rings. The number of hydrogen-bond acceptors (Lipinski definition) is 4. The fourth-order valence-corrected chi connectivity index (χ4v) is 3.79. The van der Waals surface area contributed by atoms with Gasteiger partial charge in [0.25, 0.3) is 5.91 Å². The van der Waals surface area contributed by atoms with Crippen LogP contribution in [0.1, 0.15) is 44.8 Å². The van der Waals surface area contributed by atoms with Crippen molar-refractivity contribution in [1.82, 2.24) is 10.3 Å². The van der Waals surface area contributed by atoms with Gasteiger partial charge in [0, 0.05) is 37.5 Å². The molecule has 1 unspecified atom stereocenters. The highest BCUT2D eigenvalue weighted by Crippen LogP contribution is 2.26. The molecule has 0 saturated heterocycles. The number of Topliss-reactive ketones (excluding diaryl/α,β-unsaturated/α-hetero) is 1. The molecule has 0 radical (unpaired) electrons. The molecule has 2 aromatic rings. The van der Waals surface area contributed by atoms with Gasteiger partial charge in [0.1, 0.15) is 0 Å². The van der Waals surface area contributed by atoms with Crippen molar-refractivity contribution < 1.29 is 9.59 Å². The van der Waals surface area contributed by atoms with Crippen LogP contribution < -0.4 is 10.2 Å². The molecular formula is C20H21N3O2. The summed E-state index contributed by atoms with van der Waals surface area (Å²) in [5, 5.41) is 3.10. The zero-order valence-corrected chi connectivity index (χ0v) is 14.3. The van der Waals surface area contributed by atoms with E-state index in [1.54, 1.807) is 12.3 Å². The quantitative estimate of drug-likeness (QED) is 0.915. The maximum Gasteiger partial charge on any atom is 0.253 e. The maximum atomic E-state index is 12.6. The fourth-order valence-electron chi connectivity index (χ4n) is 3.79. The van der Waals surface area contributed by atoms with Crippen LogP contribution in [0.25, 0.3) is 0 Å². The van der Waals surface area contributed by atoms with E-state index in [9.17, 15) is 9.59 Å². The van der Waals surface area contributed by atoms with E-state index in [-0.39, 0.29) is 17.7 Å². The monoisotopic (exact) mass is 335 g/mol. The van der Waals surface area contributed by atoms with Gasteiger partial charge in [0.15, 0.2) is 5.78 Å². The van der Waals surface area contributed by atoms with E-state index in [2.05, 4.69) is 27.3 Å². The molecule has 1 aromatic heterocycles. The van der Waals surface area contributed by atoms with Gasteiger partial charge < -0.3 is 10.2 Å². The molecule has 5 heteroatoms. The molecule has 1 aliphatic carbocycles. The summed E-state index contributed by atoms with van der Waals surface area (Å²) in [5.74, 6) is -0.0684. The third kappa shape index (κ3) is 3.02. The van der Waals surface area contributed by atoms with Gasteiger partial charge in [-0.05, 0) is 37.0 Å². The number of likely N-dealkylation sites (N-methyl/N-ethyl adjacent to an activating group) is 1. The zero-order chi connectivity index (χ0) is 17.4. The highest BCUT2D eigenvalue weighted by molar-refractivity contribution is 6.01. The topological polar surface area (TPSA) is 62.3 Å². The third-order valence-electron chi connectivity index (χ3n) is 5.05. The van der Waals surface area contributed by atoms with Crippen LogP contribution >= 0.6 is 0 Å². The van der Waals surface area contributed by atoms with Crippen molar-refractivity contribution in [3.05, 3.63) is 58.9 Å². The summed E-state index contributed by atoms with van der Waals surface area (Å²) < 4.78 is 0. The number of para-hydroxylation sites is 1. The van der Waals surface area contributed by atoms with Gasteiger partial charge in [-0.25, -0.2) is 0 Å². The van der Waals surface area contributed by atoms with Crippen molar-refractivity contribution in [2.75, 3.05) is 18.5 Å². The minimum Gasteiger partial charge on any atom is -0.372 e. The van der Waals surface area contributed by atoms with Crippen molar-refractivity contribution in [2.24, 2.45) is 0 Å². The summed E-state index contributed by atoms with van der Waals surface area (Å²) in [6, 6.07) is 10.0. The van der Waals surface area contributed by atoms with Gasteiger partial charge in [-0.15, -0.1) is 0 Å². The lowest BCUT2D eigenvalue weighted by molar-refractivity contribution is 0.0937. The third-order valence-corrected chi connectivity index (χ3v) is 5.05. The second-order valence-electron chi connectivity index (χ2n) is 6.88. The molecule has 2 heterocycles. The number of carbonyl (C=O) groups is 2. The number of aryl methyl sites for hydroxylation is 1. The number of fused-ring (bicyclic) bond motifs is 2. The Morgan fingerprint density at radius 1 is 1.28 bits per heavy atom. The average Bonchev–Trinajstić information content (AvgIpc) is 2.62. The Morgan fingerprint density at radius 2 is 2.12 bits per heavy atom. The number of nitrogens with zero attached hydrogens (tertiary/aromatic N) is 2. The number of anilines is 1. The Bertz CT molecular complexity index is 847. The smallest absolute Gasteiger partial charge is 0.253 e. The molecule has 1 aromatic carbocycles. The highest BCUT2D eigenvalue weighted by Gasteiger charge is 2.25. The summed E-state index contributed by atoms with van der Waals surface area (Å²) in [7, 11) is 2.04. The molecule has 128 valence electrons. The molecule has 0 saturated carbocycles. The van der Waals surface area contributed by atoms with Crippen molar-refractivity contribution in [3.8, 4) is 0 Å². The van der Waals surface area contributed by atoms with E-state index in [4.69, 9.17) is 0 Å². The second-order valence-corrected chi connectivity index (χ2v) is 6.88. The van der Waals surface area contributed by atoms with E-state index < -0.39 is 0 Å². The number of nitrogens with one attached hydrogen (secondary N) is 1. The number of carbonyl (C=O) groups excluding carboxylic acids is 2. The number of rotatable bonds is 2. The Morgan fingerprint density at radius 3 is 3.00 bits per heavy atom. The maximum absolute atomic E-state index is 12.6. The van der Waals surface area contributed by atoms with Crippen molar-refractivity contribution in [1.29, 1.82) is 0 Å². The normalized spacial score (nSPS) is 19.2. The van der Waals surface area contributed by atoms with Crippen LogP contribution in [0.2, 0.25) is 0 Å². The van der Waals surface area contributed by atoms with Gasteiger partial charge in [-0.2, -0.15) is 0 Å². The number of amides is 1. The number of aromatic nitrogens is 1. The molecule has 0 bridgehead atoms. The van der Waals surface area contributed by atoms with E-state index in [1.807, 2.05) is 19.2 Å². The summed E-state index contributed by atoms with van der Waals surface area (Å²) in [4.78, 5) is 31.2. The number of hydrogen-bond donors (Lipinski definition) is 1. The van der Waals surface area contributed by atoms with Gasteiger partial charge in [-0.1, -0.05) is 18.2 Å². The summed E-state index contributed by atoms with van der Waals surface area (Å²) in [5.41, 5.74) is 4.36. The molecule has 4 rings (SSSR count). The number of benzene rings is 1. The minimum absolute atomic E-state index is 0.0409. The Balaban J connectivity index is 1.51. The van der Waals surface area contributed by atoms with Crippen LogP contribution in [0.5, 0.6) is 0 Å². The molecule has 1 aliphatic heterocycles. The van der Waals surface area contributed by atoms with E-state index in [0.717, 1.165) is 31.5 Å². The Kier molecular flexibility index (Phi) is 3.99. The van der Waals surface area contributed by atoms with Crippen LogP contribution in [0.3, 0.4) is 0 Å². The van der Waals surface area contributed by atoms with Crippen molar-refractivity contribution >= 4 is 17.4 Å². The van der Waals surface area contributed by atoms with E-state index in [1.165, 1.54) is 11.3 Å². The molecule has 1 amide bonds. The van der Waals surface area contributed by atoms with E-state index in [0.29, 0.717) is 17.5 Å². The van der Waals surface area contributed by atoms with Gasteiger partial charge in [0.2, 0.25) is 0 Å². The zero-order valence-electron chi connectivity index (χ0n) is 14.3. The van der Waals surface area contributed by atoms with Crippen LogP contribution in [0, 0.1) is 0 Å². The molecule has 0 spiro atoms. The van der Waals surface area contributed by atoms with Crippen LogP contribution in [0.15, 0.2) is 36.5 Å². The average molecular weight is 335 g/mol. The molecule has 1 atom stereocenters. The lowest BCUT2D eigenvalue weighted by Gasteiger charge is -2.33. The van der Waals surface area contributed by atoms with Gasteiger partial charge in [0.05, 0.1) is 17.3 Å². The first kappa shape index (κ1) is 15.8. The Labute approximate surface area is 147 Å². The number of pyridine rings is 1. The number of ketones is 1. The molecule has 25 heavy (non-hydrogen) atoms. The molecule has 1 N–H and O–H groups in total. The fraction of sp³-hybridized carbons (Fsp3) is 0.350. The predicted molar refractivity (Wildman–Crippen MR) is 96.2 cm³/mol. The predicted octanol–water partition coefficient (Wildman–Crippen LogP) is 2.39. The summed E-state index contributed by atoms with van der Waals surface area (Å²) in [6.07, 6.45) is 4.60. The van der Waals surface area contributed by atoms with E-state index >= 15 is 0 Å². The lowest BCUT2D eigenvalue weighted by atomic mass is 9.93. The van der Waals surface area contributed by atoms with Crippen LogP contribution in [-0.4, -0.2) is 36.3 Å².